The molecule has 1 saturated heterocycles. The third kappa shape index (κ3) is 1.45. The van der Waals surface area contributed by atoms with Crippen LogP contribution in [0.4, 0.5) is 0 Å². The molecule has 0 aromatic rings. The minimum absolute atomic E-state index is 0.0116. The zero-order valence-corrected chi connectivity index (χ0v) is 12.6. The van der Waals surface area contributed by atoms with Gasteiger partial charge in [0.1, 0.15) is 5.41 Å². The van der Waals surface area contributed by atoms with Crippen LogP contribution in [-0.4, -0.2) is 18.4 Å². The summed E-state index contributed by atoms with van der Waals surface area (Å²) in [5.41, 5.74) is -0.312. The van der Waals surface area contributed by atoms with Crippen LogP contribution in [0.25, 0.3) is 0 Å². The van der Waals surface area contributed by atoms with Gasteiger partial charge in [0.2, 0.25) is 5.79 Å². The predicted molar refractivity (Wildman–Crippen MR) is 72.3 cm³/mol. The highest BCUT2D eigenvalue weighted by Gasteiger charge is 2.77. The van der Waals surface area contributed by atoms with Crippen molar-refractivity contribution in [3.8, 4) is 0 Å². The molecular formula is C16H26O3. The van der Waals surface area contributed by atoms with Gasteiger partial charge in [-0.3, -0.25) is 4.79 Å². The minimum Gasteiger partial charge on any atom is -0.431 e. The highest BCUT2D eigenvalue weighted by Crippen LogP contribution is 2.69. The maximum absolute atomic E-state index is 12.3. The molecule has 5 unspecified atom stereocenters. The molecule has 0 radical (unpaired) electrons. The van der Waals surface area contributed by atoms with Crippen LogP contribution in [0.15, 0.2) is 0 Å². The normalized spacial score (nSPS) is 47.8. The van der Waals surface area contributed by atoms with Gasteiger partial charge in [-0.2, -0.15) is 0 Å². The van der Waals surface area contributed by atoms with Gasteiger partial charge in [-0.25, -0.2) is 0 Å². The van der Waals surface area contributed by atoms with E-state index >= 15 is 0 Å². The van der Waals surface area contributed by atoms with Crippen LogP contribution in [0.2, 0.25) is 0 Å². The van der Waals surface area contributed by atoms with Crippen molar-refractivity contribution in [2.75, 3.05) is 6.61 Å². The molecule has 3 heteroatoms. The molecule has 1 heterocycles. The van der Waals surface area contributed by atoms with E-state index in [0.29, 0.717) is 18.4 Å². The standard InChI is InChI=1S/C16H26O3/c1-5-16(18-6-2)15(14(17)19-16)9-11-7-12(15)8-13(11)10(3)4/h10-13H,5-9H2,1-4H3. The van der Waals surface area contributed by atoms with Gasteiger partial charge in [0.25, 0.3) is 0 Å². The largest absolute Gasteiger partial charge is 0.431 e. The third-order valence-corrected chi connectivity index (χ3v) is 6.03. The van der Waals surface area contributed by atoms with Crippen molar-refractivity contribution in [1.82, 2.24) is 0 Å². The molecule has 19 heavy (non-hydrogen) atoms. The van der Waals surface area contributed by atoms with Crippen molar-refractivity contribution in [2.24, 2.45) is 29.1 Å². The molecule has 1 spiro atoms. The highest BCUT2D eigenvalue weighted by molar-refractivity contribution is 5.85. The highest BCUT2D eigenvalue weighted by atomic mass is 16.7. The summed E-state index contributed by atoms with van der Waals surface area (Å²) in [5.74, 6) is 2.10. The van der Waals surface area contributed by atoms with Gasteiger partial charge >= 0.3 is 5.97 Å². The Balaban J connectivity index is 1.88. The summed E-state index contributed by atoms with van der Waals surface area (Å²) in [7, 11) is 0. The van der Waals surface area contributed by atoms with Gasteiger partial charge in [-0.05, 0) is 49.9 Å². The molecule has 0 amide bonds. The Kier molecular flexibility index (Phi) is 2.97. The predicted octanol–water partition coefficient (Wildman–Crippen LogP) is 3.37. The quantitative estimate of drug-likeness (QED) is 0.732. The van der Waals surface area contributed by atoms with Crippen LogP contribution in [0, 0.1) is 29.1 Å². The van der Waals surface area contributed by atoms with E-state index in [-0.39, 0.29) is 11.4 Å². The van der Waals surface area contributed by atoms with Crippen LogP contribution in [0.1, 0.15) is 53.4 Å². The Bertz CT molecular complexity index is 391. The first-order valence-electron chi connectivity index (χ1n) is 7.88. The summed E-state index contributed by atoms with van der Waals surface area (Å²) in [6.45, 7) is 9.31. The summed E-state index contributed by atoms with van der Waals surface area (Å²) in [4.78, 5) is 12.3. The van der Waals surface area contributed by atoms with Crippen molar-refractivity contribution in [2.45, 2.75) is 59.2 Å². The Morgan fingerprint density at radius 2 is 2.11 bits per heavy atom. The first-order chi connectivity index (χ1) is 9.00. The van der Waals surface area contributed by atoms with Gasteiger partial charge in [0.15, 0.2) is 0 Å². The van der Waals surface area contributed by atoms with Crippen LogP contribution >= 0.6 is 0 Å². The average molecular weight is 266 g/mol. The number of carbonyl (C=O) groups is 1. The van der Waals surface area contributed by atoms with Gasteiger partial charge < -0.3 is 9.47 Å². The third-order valence-electron chi connectivity index (χ3n) is 6.03. The van der Waals surface area contributed by atoms with E-state index in [0.717, 1.165) is 24.7 Å². The molecule has 0 aromatic heterocycles. The topological polar surface area (TPSA) is 35.5 Å². The molecule has 2 bridgehead atoms. The lowest BCUT2D eigenvalue weighted by atomic mass is 9.60. The SMILES string of the molecule is CCOC1(CC)OC(=O)C12CC1CC2CC1C(C)C. The summed E-state index contributed by atoms with van der Waals surface area (Å²) in [6.07, 6.45) is 4.16. The fraction of sp³-hybridized carbons (Fsp3) is 0.938. The maximum Gasteiger partial charge on any atom is 0.321 e. The van der Waals surface area contributed by atoms with Crippen LogP contribution in [0.3, 0.4) is 0 Å². The van der Waals surface area contributed by atoms with Gasteiger partial charge in [0.05, 0.1) is 0 Å². The second-order valence-electron chi connectivity index (χ2n) is 6.94. The van der Waals surface area contributed by atoms with E-state index in [1.807, 2.05) is 6.92 Å². The number of hydrogen-bond donors (Lipinski definition) is 0. The summed E-state index contributed by atoms with van der Waals surface area (Å²) in [6, 6.07) is 0. The first kappa shape index (κ1) is 13.4. The molecule has 1 aliphatic heterocycles. The van der Waals surface area contributed by atoms with Crippen molar-refractivity contribution < 1.29 is 14.3 Å². The van der Waals surface area contributed by atoms with Crippen LogP contribution in [-0.2, 0) is 14.3 Å². The Morgan fingerprint density at radius 1 is 1.37 bits per heavy atom. The maximum atomic E-state index is 12.3. The molecule has 5 atom stereocenters. The zero-order valence-electron chi connectivity index (χ0n) is 12.6. The van der Waals surface area contributed by atoms with E-state index in [9.17, 15) is 4.79 Å². The van der Waals surface area contributed by atoms with E-state index in [2.05, 4.69) is 20.8 Å². The summed E-state index contributed by atoms with van der Waals surface area (Å²) in [5, 5.41) is 0. The molecule has 3 fully saturated rings. The molecular weight excluding hydrogens is 240 g/mol. The first-order valence-corrected chi connectivity index (χ1v) is 7.88. The Hall–Kier alpha value is -0.570. The second-order valence-corrected chi connectivity index (χ2v) is 6.94. The number of hydrogen-bond acceptors (Lipinski definition) is 3. The molecule has 2 saturated carbocycles. The summed E-state index contributed by atoms with van der Waals surface area (Å²) < 4.78 is 11.5. The van der Waals surface area contributed by atoms with Gasteiger partial charge in [-0.1, -0.05) is 20.8 Å². The fourth-order valence-corrected chi connectivity index (χ4v) is 5.23. The van der Waals surface area contributed by atoms with Crippen LogP contribution in [0.5, 0.6) is 0 Å². The lowest BCUT2D eigenvalue weighted by Crippen LogP contribution is -2.70. The van der Waals surface area contributed by atoms with Crippen molar-refractivity contribution >= 4 is 5.97 Å². The monoisotopic (exact) mass is 266 g/mol. The lowest BCUT2D eigenvalue weighted by Gasteiger charge is -2.58. The smallest absolute Gasteiger partial charge is 0.321 e. The second kappa shape index (κ2) is 4.21. The van der Waals surface area contributed by atoms with Crippen molar-refractivity contribution in [1.29, 1.82) is 0 Å². The summed E-state index contributed by atoms with van der Waals surface area (Å²) >= 11 is 0. The molecule has 0 aromatic carbocycles. The molecule has 3 aliphatic rings. The van der Waals surface area contributed by atoms with Crippen molar-refractivity contribution in [3.63, 3.8) is 0 Å². The Labute approximate surface area is 116 Å². The van der Waals surface area contributed by atoms with E-state index < -0.39 is 5.79 Å². The fourth-order valence-electron chi connectivity index (χ4n) is 5.23. The molecule has 108 valence electrons. The van der Waals surface area contributed by atoms with Crippen molar-refractivity contribution in [3.05, 3.63) is 0 Å². The number of fused-ring (bicyclic) bond motifs is 3. The van der Waals surface area contributed by atoms with E-state index in [1.54, 1.807) is 0 Å². The van der Waals surface area contributed by atoms with Crippen LogP contribution < -0.4 is 0 Å². The number of cyclic esters (lactones) is 1. The molecule has 0 N–H and O–H groups in total. The number of rotatable bonds is 4. The number of carbonyl (C=O) groups excluding carboxylic acids is 1. The number of ether oxygens (including phenoxy) is 2. The minimum atomic E-state index is -0.611. The molecule has 3 rings (SSSR count). The van der Waals surface area contributed by atoms with E-state index in [1.165, 1.54) is 12.8 Å². The lowest BCUT2D eigenvalue weighted by molar-refractivity contribution is -0.355. The van der Waals surface area contributed by atoms with Gasteiger partial charge in [-0.15, -0.1) is 0 Å². The van der Waals surface area contributed by atoms with E-state index in [4.69, 9.17) is 9.47 Å². The molecule has 3 nitrogen and oxygen atoms in total. The zero-order chi connectivity index (χ0) is 13.8. The molecule has 2 aliphatic carbocycles. The average Bonchev–Trinajstić information content (AvgIpc) is 2.96. The Morgan fingerprint density at radius 3 is 2.53 bits per heavy atom. The van der Waals surface area contributed by atoms with Gasteiger partial charge in [0, 0.05) is 13.0 Å². The number of esters is 1.